The van der Waals surface area contributed by atoms with Crippen LogP contribution in [0.3, 0.4) is 0 Å². The fourth-order valence-electron chi connectivity index (χ4n) is 4.13. The number of hydrogen-bond donors (Lipinski definition) is 2. The summed E-state index contributed by atoms with van der Waals surface area (Å²) >= 11 is 0. The first-order valence-corrected chi connectivity index (χ1v) is 12.3. The summed E-state index contributed by atoms with van der Waals surface area (Å²) in [4.78, 5) is 44.0. The van der Waals surface area contributed by atoms with E-state index in [4.69, 9.17) is 5.11 Å². The highest BCUT2D eigenvalue weighted by Crippen LogP contribution is 2.28. The van der Waals surface area contributed by atoms with Crippen LogP contribution in [-0.4, -0.2) is 33.1 Å². The SMILES string of the molecule is Cc1c(-c2cccc(N(CC(C)C)C(=O)c3ccccc3)c2)nc(Nc2ccc(C(=O)O)cc2)c(=O)n1C. The molecule has 0 atom stereocenters. The van der Waals surface area contributed by atoms with Gasteiger partial charge >= 0.3 is 5.97 Å². The molecule has 1 aromatic heterocycles. The molecule has 0 bridgehead atoms. The largest absolute Gasteiger partial charge is 0.478 e. The number of benzene rings is 3. The number of anilines is 3. The third-order valence-electron chi connectivity index (χ3n) is 6.22. The molecular formula is C30H30N4O4. The number of carboxylic acids is 1. The topological polar surface area (TPSA) is 105 Å². The van der Waals surface area contributed by atoms with Crippen LogP contribution in [0.25, 0.3) is 11.3 Å². The Hall–Kier alpha value is -4.72. The van der Waals surface area contributed by atoms with Crippen molar-refractivity contribution in [1.82, 2.24) is 9.55 Å². The summed E-state index contributed by atoms with van der Waals surface area (Å²) in [6.07, 6.45) is 0. The van der Waals surface area contributed by atoms with Crippen LogP contribution in [-0.2, 0) is 7.05 Å². The number of carboxylic acid groups (broad SMARTS) is 1. The molecule has 0 saturated carbocycles. The Balaban J connectivity index is 1.74. The van der Waals surface area contributed by atoms with E-state index in [-0.39, 0.29) is 28.8 Å². The first-order valence-electron chi connectivity index (χ1n) is 12.3. The summed E-state index contributed by atoms with van der Waals surface area (Å²) in [6.45, 7) is 6.49. The lowest BCUT2D eigenvalue weighted by Crippen LogP contribution is -2.34. The second-order valence-corrected chi connectivity index (χ2v) is 9.49. The molecule has 3 aromatic carbocycles. The molecule has 4 rings (SSSR count). The van der Waals surface area contributed by atoms with Crippen molar-refractivity contribution in [1.29, 1.82) is 0 Å². The average Bonchev–Trinajstić information content (AvgIpc) is 2.92. The highest BCUT2D eigenvalue weighted by Gasteiger charge is 2.20. The first kappa shape index (κ1) is 26.3. The third kappa shape index (κ3) is 5.64. The molecule has 38 heavy (non-hydrogen) atoms. The van der Waals surface area contributed by atoms with E-state index in [2.05, 4.69) is 24.1 Å². The molecular weight excluding hydrogens is 480 g/mol. The number of rotatable bonds is 8. The van der Waals surface area contributed by atoms with E-state index in [1.807, 2.05) is 49.4 Å². The molecule has 8 heteroatoms. The van der Waals surface area contributed by atoms with Gasteiger partial charge in [-0.15, -0.1) is 0 Å². The number of hydrogen-bond acceptors (Lipinski definition) is 5. The predicted molar refractivity (Wildman–Crippen MR) is 149 cm³/mol. The van der Waals surface area contributed by atoms with Gasteiger partial charge in [0, 0.05) is 41.8 Å². The van der Waals surface area contributed by atoms with Crippen molar-refractivity contribution >= 4 is 29.1 Å². The zero-order valence-corrected chi connectivity index (χ0v) is 21.8. The average molecular weight is 511 g/mol. The number of carbonyl (C=O) groups excluding carboxylic acids is 1. The summed E-state index contributed by atoms with van der Waals surface area (Å²) in [5.74, 6) is -0.762. The van der Waals surface area contributed by atoms with Crippen molar-refractivity contribution in [3.8, 4) is 11.3 Å². The van der Waals surface area contributed by atoms with E-state index in [1.54, 1.807) is 36.2 Å². The lowest BCUT2D eigenvalue weighted by Gasteiger charge is -2.25. The molecule has 0 aliphatic rings. The van der Waals surface area contributed by atoms with Gasteiger partial charge in [0.05, 0.1) is 11.3 Å². The Kier molecular flexibility index (Phi) is 7.71. The van der Waals surface area contributed by atoms with Crippen molar-refractivity contribution in [2.24, 2.45) is 13.0 Å². The number of amides is 1. The molecule has 8 nitrogen and oxygen atoms in total. The minimum absolute atomic E-state index is 0.0891. The summed E-state index contributed by atoms with van der Waals surface area (Å²) in [5, 5.41) is 12.2. The van der Waals surface area contributed by atoms with Crippen LogP contribution in [0.4, 0.5) is 17.2 Å². The Morgan fingerprint density at radius 1 is 0.974 bits per heavy atom. The number of aromatic carboxylic acids is 1. The maximum Gasteiger partial charge on any atom is 0.335 e. The minimum atomic E-state index is -1.03. The lowest BCUT2D eigenvalue weighted by atomic mass is 10.1. The molecule has 0 fully saturated rings. The van der Waals surface area contributed by atoms with Crippen molar-refractivity contribution in [2.75, 3.05) is 16.8 Å². The predicted octanol–water partition coefficient (Wildman–Crippen LogP) is 5.50. The van der Waals surface area contributed by atoms with Crippen LogP contribution in [0.1, 0.15) is 40.3 Å². The van der Waals surface area contributed by atoms with Crippen molar-refractivity contribution in [3.63, 3.8) is 0 Å². The van der Waals surface area contributed by atoms with Gasteiger partial charge in [0.2, 0.25) is 0 Å². The van der Waals surface area contributed by atoms with Crippen molar-refractivity contribution in [3.05, 3.63) is 106 Å². The highest BCUT2D eigenvalue weighted by molar-refractivity contribution is 6.06. The third-order valence-corrected chi connectivity index (χ3v) is 6.22. The quantitative estimate of drug-likeness (QED) is 0.324. The molecule has 0 unspecified atom stereocenters. The molecule has 0 aliphatic carbocycles. The first-order chi connectivity index (χ1) is 18.2. The summed E-state index contributed by atoms with van der Waals surface area (Å²) < 4.78 is 1.52. The standard InChI is InChI=1S/C30H30N4O4/c1-19(2)18-34(28(35)21-9-6-5-7-10-21)25-12-8-11-23(17-25)26-20(3)33(4)29(36)27(32-26)31-24-15-13-22(14-16-24)30(37)38/h5-17,19H,18H2,1-4H3,(H,31,32)(H,37,38). The molecule has 0 saturated heterocycles. The van der Waals surface area contributed by atoms with Crippen LogP contribution < -0.4 is 15.8 Å². The zero-order chi connectivity index (χ0) is 27.4. The fraction of sp³-hybridized carbons (Fsp3) is 0.200. The summed E-state index contributed by atoms with van der Waals surface area (Å²) in [6, 6.07) is 22.9. The molecule has 1 amide bonds. The Morgan fingerprint density at radius 3 is 2.29 bits per heavy atom. The molecule has 2 N–H and O–H groups in total. The normalized spacial score (nSPS) is 10.9. The van der Waals surface area contributed by atoms with Gasteiger partial charge in [-0.3, -0.25) is 9.59 Å². The monoisotopic (exact) mass is 510 g/mol. The van der Waals surface area contributed by atoms with E-state index >= 15 is 0 Å². The van der Waals surface area contributed by atoms with Gasteiger partial charge in [0.15, 0.2) is 5.82 Å². The summed E-state index contributed by atoms with van der Waals surface area (Å²) in [5.41, 5.74) is 3.74. The Morgan fingerprint density at radius 2 is 1.66 bits per heavy atom. The number of carbonyl (C=O) groups is 2. The van der Waals surface area contributed by atoms with Gasteiger partial charge in [-0.05, 0) is 61.4 Å². The van der Waals surface area contributed by atoms with Gasteiger partial charge in [-0.1, -0.05) is 44.2 Å². The molecule has 0 spiro atoms. The van der Waals surface area contributed by atoms with Crippen LogP contribution in [0, 0.1) is 12.8 Å². The van der Waals surface area contributed by atoms with E-state index in [0.717, 1.165) is 11.3 Å². The lowest BCUT2D eigenvalue weighted by molar-refractivity contribution is 0.0696. The van der Waals surface area contributed by atoms with Crippen molar-refractivity contribution in [2.45, 2.75) is 20.8 Å². The van der Waals surface area contributed by atoms with Gasteiger partial charge in [-0.2, -0.15) is 0 Å². The fourth-order valence-corrected chi connectivity index (χ4v) is 4.13. The minimum Gasteiger partial charge on any atom is -0.478 e. The van der Waals surface area contributed by atoms with E-state index in [1.165, 1.54) is 16.7 Å². The Labute approximate surface area is 221 Å². The highest BCUT2D eigenvalue weighted by atomic mass is 16.4. The second-order valence-electron chi connectivity index (χ2n) is 9.49. The van der Waals surface area contributed by atoms with E-state index in [0.29, 0.717) is 29.2 Å². The van der Waals surface area contributed by atoms with Gasteiger partial charge in [0.25, 0.3) is 11.5 Å². The second kappa shape index (κ2) is 11.1. The van der Waals surface area contributed by atoms with Crippen LogP contribution in [0.15, 0.2) is 83.7 Å². The van der Waals surface area contributed by atoms with Crippen LogP contribution >= 0.6 is 0 Å². The molecule has 0 aliphatic heterocycles. The molecule has 0 radical (unpaired) electrons. The van der Waals surface area contributed by atoms with Gasteiger partial charge in [-0.25, -0.2) is 9.78 Å². The van der Waals surface area contributed by atoms with Gasteiger partial charge in [0.1, 0.15) is 0 Å². The van der Waals surface area contributed by atoms with Gasteiger partial charge < -0.3 is 19.9 Å². The van der Waals surface area contributed by atoms with E-state index < -0.39 is 5.97 Å². The van der Waals surface area contributed by atoms with Crippen LogP contribution in [0.2, 0.25) is 0 Å². The maximum absolute atomic E-state index is 13.4. The number of nitrogens with one attached hydrogen (secondary N) is 1. The maximum atomic E-state index is 13.4. The molecule has 4 aromatic rings. The Bertz CT molecular complexity index is 1530. The molecule has 194 valence electrons. The van der Waals surface area contributed by atoms with Crippen molar-refractivity contribution < 1.29 is 14.7 Å². The van der Waals surface area contributed by atoms with Crippen LogP contribution in [0.5, 0.6) is 0 Å². The molecule has 1 heterocycles. The van der Waals surface area contributed by atoms with E-state index in [9.17, 15) is 14.4 Å². The zero-order valence-electron chi connectivity index (χ0n) is 21.8. The number of aromatic nitrogens is 2. The number of nitrogens with zero attached hydrogens (tertiary/aromatic N) is 3. The smallest absolute Gasteiger partial charge is 0.335 e. The summed E-state index contributed by atoms with van der Waals surface area (Å²) in [7, 11) is 1.68.